The molecule has 1 aromatic rings. The van der Waals surface area contributed by atoms with Crippen molar-refractivity contribution in [2.45, 2.75) is 138 Å². The number of methoxy groups -OCH3 is 2. The van der Waals surface area contributed by atoms with Gasteiger partial charge in [-0.2, -0.15) is 0 Å². The van der Waals surface area contributed by atoms with Crippen LogP contribution in [-0.2, 0) is 9.47 Å². The van der Waals surface area contributed by atoms with Crippen LogP contribution in [0.1, 0.15) is 89.4 Å². The third-order valence-electron chi connectivity index (χ3n) is 14.3. The highest BCUT2D eigenvalue weighted by Crippen LogP contribution is 2.70. The van der Waals surface area contributed by atoms with Gasteiger partial charge in [0.05, 0.1) is 37.6 Å². The smallest absolute Gasteiger partial charge is 0.338 e. The first kappa shape index (κ1) is 35.4. The number of aliphatic hydroxyl groups is 6. The first-order valence-electron chi connectivity index (χ1n) is 18.0. The average molecular weight is 690 g/mol. The molecule has 12 heteroatoms. The maximum Gasteiger partial charge on any atom is 0.338 e. The number of hydrogen-bond acceptors (Lipinski definition) is 12. The predicted molar refractivity (Wildman–Crippen MR) is 176 cm³/mol. The number of carbonyl (C=O) groups is 1. The lowest BCUT2D eigenvalue weighted by Gasteiger charge is -2.68. The van der Waals surface area contributed by atoms with Gasteiger partial charge in [-0.3, -0.25) is 4.90 Å². The zero-order chi connectivity index (χ0) is 35.5. The first-order chi connectivity index (χ1) is 22.9. The van der Waals surface area contributed by atoms with Crippen LogP contribution in [0.4, 0.5) is 0 Å². The summed E-state index contributed by atoms with van der Waals surface area (Å²) in [5.74, 6) is -1.12. The fourth-order valence-electron chi connectivity index (χ4n) is 11.5. The van der Waals surface area contributed by atoms with Crippen LogP contribution in [-0.4, -0.2) is 127 Å². The standard InChI is InChI=1S/C37H55NO11/c1-20-7-12-28-33(4,42)37(45)27(18-38(28)17-20)35(44)19-36-26(34(35,43)16-29(37)39)11-10-24(49-36)30(40)23(13-14-32(36,2)3)48-31(41)21-8-9-22(46-5)25(15-21)47-6/h8-9,15,20,23-24,26-30,39-40,42-45H,7,10-14,16-19H2,1-6H3/t20-,23-,24+,26-,27-,28-,29-,30?,33+,34+,35+,36+,37-/m0/s1. The molecule has 12 nitrogen and oxygen atoms in total. The minimum Gasteiger partial charge on any atom is -0.493 e. The molecule has 4 aliphatic heterocycles. The van der Waals surface area contributed by atoms with Crippen LogP contribution in [0, 0.1) is 23.2 Å². The Hall–Kier alpha value is -2.03. The SMILES string of the molecule is COc1ccc(C(=O)O[C@H]2CCC(C)(C)[C@@]34C[C@@]5(O)[C@@H]6CN7C[C@@H](C)CC[C@H]7[C@@](C)(O)[C@@]6(O)[C@@H](O)C[C@@]5(O)[C@@H]3CC[C@@H](O4)C2O)cc1OC. The Kier molecular flexibility index (Phi) is 8.29. The van der Waals surface area contributed by atoms with Gasteiger partial charge in [-0.15, -0.1) is 0 Å². The molecule has 0 radical (unpaired) electrons. The Morgan fingerprint density at radius 3 is 2.31 bits per heavy atom. The van der Waals surface area contributed by atoms with Crippen LogP contribution in [0.15, 0.2) is 18.2 Å². The van der Waals surface area contributed by atoms with E-state index in [0.29, 0.717) is 56.1 Å². The number of nitrogens with zero attached hydrogens (tertiary/aromatic N) is 1. The van der Waals surface area contributed by atoms with Crippen LogP contribution in [0.3, 0.4) is 0 Å². The molecule has 1 aromatic carbocycles. The van der Waals surface area contributed by atoms with Crippen molar-refractivity contribution >= 4 is 5.97 Å². The number of rotatable bonds is 4. The summed E-state index contributed by atoms with van der Waals surface area (Å²) >= 11 is 0. The van der Waals surface area contributed by atoms with Gasteiger partial charge in [0.1, 0.15) is 34.6 Å². The maximum atomic E-state index is 13.4. The lowest BCUT2D eigenvalue weighted by Crippen LogP contribution is -2.85. The van der Waals surface area contributed by atoms with E-state index >= 15 is 0 Å². The summed E-state index contributed by atoms with van der Waals surface area (Å²) in [4.78, 5) is 15.5. The van der Waals surface area contributed by atoms with E-state index in [0.717, 1.165) is 6.42 Å². The Morgan fingerprint density at radius 1 is 0.898 bits per heavy atom. The molecule has 1 spiro atoms. The fraction of sp³-hybridized carbons (Fsp3) is 0.811. The Balaban J connectivity index is 1.21. The number of benzene rings is 1. The van der Waals surface area contributed by atoms with Crippen LogP contribution in [0.2, 0.25) is 0 Å². The maximum absolute atomic E-state index is 13.4. The monoisotopic (exact) mass is 689 g/mol. The minimum absolute atomic E-state index is 0.0443. The molecule has 2 saturated carbocycles. The summed E-state index contributed by atoms with van der Waals surface area (Å²) < 4.78 is 23.5. The van der Waals surface area contributed by atoms with Gasteiger partial charge in [-0.25, -0.2) is 4.79 Å². The molecule has 7 rings (SSSR count). The second-order valence-electron chi connectivity index (χ2n) is 17.0. The van der Waals surface area contributed by atoms with E-state index in [1.54, 1.807) is 19.1 Å². The molecule has 4 saturated heterocycles. The highest BCUT2D eigenvalue weighted by atomic mass is 16.6. The van der Waals surface area contributed by atoms with E-state index in [4.69, 9.17) is 18.9 Å². The molecule has 2 aliphatic carbocycles. The molecule has 274 valence electrons. The second-order valence-corrected chi connectivity index (χ2v) is 17.0. The molecule has 4 heterocycles. The van der Waals surface area contributed by atoms with Gasteiger partial charge in [-0.1, -0.05) is 20.8 Å². The highest BCUT2D eigenvalue weighted by molar-refractivity contribution is 5.90. The van der Waals surface area contributed by atoms with E-state index in [-0.39, 0.29) is 24.9 Å². The van der Waals surface area contributed by atoms with Gasteiger partial charge in [0.25, 0.3) is 0 Å². The van der Waals surface area contributed by atoms with Crippen LogP contribution < -0.4 is 9.47 Å². The van der Waals surface area contributed by atoms with Crippen molar-refractivity contribution in [1.29, 1.82) is 0 Å². The summed E-state index contributed by atoms with van der Waals surface area (Å²) in [7, 11) is 2.98. The summed E-state index contributed by atoms with van der Waals surface area (Å²) in [6, 6.07) is 4.32. The summed E-state index contributed by atoms with van der Waals surface area (Å²) in [6.07, 6.45) is -1.74. The van der Waals surface area contributed by atoms with Crippen molar-refractivity contribution in [3.05, 3.63) is 23.8 Å². The lowest BCUT2D eigenvalue weighted by atomic mass is 9.50. The molecule has 6 fully saturated rings. The number of ether oxygens (including phenoxy) is 4. The molecule has 0 aromatic heterocycles. The van der Waals surface area contributed by atoms with Crippen LogP contribution >= 0.6 is 0 Å². The third-order valence-corrected chi connectivity index (χ3v) is 14.3. The Bertz CT molecular complexity index is 1470. The normalized spacial score (nSPS) is 48.9. The molecule has 13 atom stereocenters. The average Bonchev–Trinajstić information content (AvgIpc) is 3.27. The molecule has 6 N–H and O–H groups in total. The molecule has 6 aliphatic rings. The van der Waals surface area contributed by atoms with Gasteiger partial charge in [0.15, 0.2) is 11.5 Å². The van der Waals surface area contributed by atoms with Crippen molar-refractivity contribution in [3.8, 4) is 11.5 Å². The number of piperidine rings is 2. The van der Waals surface area contributed by atoms with Crippen molar-refractivity contribution in [2.75, 3.05) is 27.3 Å². The first-order valence-corrected chi connectivity index (χ1v) is 18.0. The predicted octanol–water partition coefficient (Wildman–Crippen LogP) is 1.79. The molecule has 1 unspecified atom stereocenters. The minimum atomic E-state index is -2.08. The summed E-state index contributed by atoms with van der Waals surface area (Å²) in [5.41, 5.74) is -9.20. The molecular formula is C37H55NO11. The van der Waals surface area contributed by atoms with Crippen molar-refractivity contribution in [3.63, 3.8) is 0 Å². The summed E-state index contributed by atoms with van der Waals surface area (Å²) in [5, 5.41) is 74.0. The Labute approximate surface area is 288 Å². The molecule has 0 amide bonds. The van der Waals surface area contributed by atoms with Gasteiger partial charge in [0, 0.05) is 43.8 Å². The highest BCUT2D eigenvalue weighted by Gasteiger charge is 2.83. The van der Waals surface area contributed by atoms with Gasteiger partial charge < -0.3 is 49.6 Å². The van der Waals surface area contributed by atoms with Gasteiger partial charge in [-0.05, 0) is 75.0 Å². The summed E-state index contributed by atoms with van der Waals surface area (Å²) in [6.45, 7) is 8.62. The van der Waals surface area contributed by atoms with Crippen LogP contribution in [0.5, 0.6) is 11.5 Å². The molecular weight excluding hydrogens is 634 g/mol. The second kappa shape index (κ2) is 11.5. The van der Waals surface area contributed by atoms with Crippen molar-refractivity contribution < 1.29 is 54.4 Å². The van der Waals surface area contributed by atoms with E-state index < -0.39 is 81.7 Å². The van der Waals surface area contributed by atoms with Crippen molar-refractivity contribution in [2.24, 2.45) is 23.2 Å². The van der Waals surface area contributed by atoms with Gasteiger partial charge >= 0.3 is 5.97 Å². The van der Waals surface area contributed by atoms with E-state index in [1.165, 1.54) is 20.3 Å². The molecule has 2 bridgehead atoms. The number of hydrogen-bond donors (Lipinski definition) is 6. The Morgan fingerprint density at radius 2 is 1.61 bits per heavy atom. The van der Waals surface area contributed by atoms with Gasteiger partial charge in [0.2, 0.25) is 0 Å². The largest absolute Gasteiger partial charge is 0.493 e. The topological polar surface area (TPSA) is 179 Å². The lowest BCUT2D eigenvalue weighted by molar-refractivity contribution is -0.354. The van der Waals surface area contributed by atoms with Crippen LogP contribution in [0.25, 0.3) is 0 Å². The van der Waals surface area contributed by atoms with E-state index in [2.05, 4.69) is 11.8 Å². The zero-order valence-corrected chi connectivity index (χ0v) is 29.6. The van der Waals surface area contributed by atoms with Crippen molar-refractivity contribution in [1.82, 2.24) is 4.90 Å². The number of aliphatic hydroxyl groups excluding tert-OH is 2. The quantitative estimate of drug-likeness (QED) is 0.253. The molecule has 49 heavy (non-hydrogen) atoms. The van der Waals surface area contributed by atoms with E-state index in [1.807, 2.05) is 13.8 Å². The van der Waals surface area contributed by atoms with E-state index in [9.17, 15) is 35.4 Å². The number of fused-ring (bicyclic) bond motifs is 6. The fourth-order valence-corrected chi connectivity index (χ4v) is 11.5. The number of esters is 1. The number of carbonyl (C=O) groups excluding carboxylic acids is 1. The third kappa shape index (κ3) is 4.67. The zero-order valence-electron chi connectivity index (χ0n) is 29.6.